The Hall–Kier alpha value is -2.09. The summed E-state index contributed by atoms with van der Waals surface area (Å²) in [6.07, 6.45) is 1.17. The normalized spacial score (nSPS) is 10.3. The third-order valence-corrected chi connectivity index (χ3v) is 3.03. The van der Waals surface area contributed by atoms with Crippen LogP contribution in [0.1, 0.15) is 6.92 Å². The first-order chi connectivity index (χ1) is 9.54. The third kappa shape index (κ3) is 2.74. The Kier molecular flexibility index (Phi) is 4.23. The molecule has 2 rings (SSSR count). The quantitative estimate of drug-likeness (QED) is 0.681. The summed E-state index contributed by atoms with van der Waals surface area (Å²) in [6, 6.07) is 4.18. The summed E-state index contributed by atoms with van der Waals surface area (Å²) in [5.74, 6) is -0.515. The molecule has 0 spiro atoms. The van der Waals surface area contributed by atoms with E-state index in [2.05, 4.69) is 31.2 Å². The van der Waals surface area contributed by atoms with Gasteiger partial charge in [0.05, 0.1) is 4.92 Å². The molecule has 0 atom stereocenters. The minimum Gasteiger partial charge on any atom is -0.365 e. The van der Waals surface area contributed by atoms with Gasteiger partial charge in [0.2, 0.25) is 5.82 Å². The lowest BCUT2D eigenvalue weighted by Crippen LogP contribution is -2.06. The van der Waals surface area contributed by atoms with Gasteiger partial charge in [-0.15, -0.1) is 0 Å². The van der Waals surface area contributed by atoms with E-state index >= 15 is 0 Å². The van der Waals surface area contributed by atoms with Gasteiger partial charge in [0.1, 0.15) is 12.1 Å². The zero-order valence-corrected chi connectivity index (χ0v) is 12.0. The molecule has 1 aromatic carbocycles. The van der Waals surface area contributed by atoms with Crippen molar-refractivity contribution in [1.82, 2.24) is 9.97 Å². The third-order valence-electron chi connectivity index (χ3n) is 2.53. The molecule has 1 N–H and O–H groups in total. The van der Waals surface area contributed by atoms with Gasteiger partial charge in [-0.3, -0.25) is 10.1 Å². The van der Waals surface area contributed by atoms with Gasteiger partial charge in [0.25, 0.3) is 0 Å². The molecule has 0 fully saturated rings. The maximum atomic E-state index is 13.9. The van der Waals surface area contributed by atoms with Gasteiger partial charge in [-0.05, 0) is 25.1 Å². The fourth-order valence-corrected chi connectivity index (χ4v) is 2.09. The summed E-state index contributed by atoms with van der Waals surface area (Å²) in [6.45, 7) is 2.24. The fourth-order valence-electron chi connectivity index (χ4n) is 1.72. The Balaban J connectivity index is 2.70. The molecular formula is C12H10BrFN4O2. The van der Waals surface area contributed by atoms with Crippen LogP contribution in [0.4, 0.5) is 15.9 Å². The highest BCUT2D eigenvalue weighted by Crippen LogP contribution is 2.35. The second-order valence-electron chi connectivity index (χ2n) is 3.83. The number of hydrogen-bond donors (Lipinski definition) is 1. The van der Waals surface area contributed by atoms with E-state index in [1.54, 1.807) is 6.92 Å². The first-order valence-electron chi connectivity index (χ1n) is 5.73. The van der Waals surface area contributed by atoms with Crippen molar-refractivity contribution in [3.05, 3.63) is 44.9 Å². The molecule has 1 heterocycles. The molecule has 20 heavy (non-hydrogen) atoms. The van der Waals surface area contributed by atoms with Crippen LogP contribution in [-0.4, -0.2) is 21.4 Å². The lowest BCUT2D eigenvalue weighted by atomic mass is 10.1. The molecule has 0 aliphatic heterocycles. The number of aromatic nitrogens is 2. The van der Waals surface area contributed by atoms with Gasteiger partial charge in [-0.2, -0.15) is 0 Å². The van der Waals surface area contributed by atoms with Crippen LogP contribution >= 0.6 is 15.9 Å². The molecule has 0 bridgehead atoms. The molecule has 0 aliphatic carbocycles. The van der Waals surface area contributed by atoms with Gasteiger partial charge < -0.3 is 5.32 Å². The number of anilines is 1. The molecule has 0 saturated heterocycles. The monoisotopic (exact) mass is 340 g/mol. The highest BCUT2D eigenvalue weighted by Gasteiger charge is 2.25. The molecule has 0 aliphatic rings. The fraction of sp³-hybridized carbons (Fsp3) is 0.167. The van der Waals surface area contributed by atoms with Crippen molar-refractivity contribution in [2.24, 2.45) is 0 Å². The molecular weight excluding hydrogens is 331 g/mol. The average Bonchev–Trinajstić information content (AvgIpc) is 2.41. The maximum absolute atomic E-state index is 13.9. The minimum atomic E-state index is -0.617. The van der Waals surface area contributed by atoms with Crippen LogP contribution in [0.2, 0.25) is 0 Å². The van der Waals surface area contributed by atoms with Gasteiger partial charge in [-0.25, -0.2) is 14.4 Å². The highest BCUT2D eigenvalue weighted by atomic mass is 79.9. The molecule has 1 aromatic heterocycles. The van der Waals surface area contributed by atoms with E-state index in [-0.39, 0.29) is 22.8 Å². The Morgan fingerprint density at radius 3 is 2.85 bits per heavy atom. The van der Waals surface area contributed by atoms with Crippen LogP contribution < -0.4 is 5.32 Å². The first kappa shape index (κ1) is 14.3. The minimum absolute atomic E-state index is 0.0487. The van der Waals surface area contributed by atoms with Crippen LogP contribution in [0.3, 0.4) is 0 Å². The van der Waals surface area contributed by atoms with Crippen molar-refractivity contribution in [3.63, 3.8) is 0 Å². The van der Waals surface area contributed by atoms with E-state index in [1.165, 1.54) is 24.5 Å². The number of nitrogens with zero attached hydrogens (tertiary/aromatic N) is 3. The van der Waals surface area contributed by atoms with Crippen LogP contribution in [0, 0.1) is 15.9 Å². The Morgan fingerprint density at radius 1 is 1.45 bits per heavy atom. The zero-order valence-electron chi connectivity index (χ0n) is 10.4. The SMILES string of the molecule is CCNc1ncnc(-c2cc(Br)ccc2F)c1[N+](=O)[O-]. The Labute approximate surface area is 122 Å². The van der Waals surface area contributed by atoms with Crippen molar-refractivity contribution in [2.45, 2.75) is 6.92 Å². The molecule has 0 unspecified atom stereocenters. The highest BCUT2D eigenvalue weighted by molar-refractivity contribution is 9.10. The van der Waals surface area contributed by atoms with Crippen LogP contribution in [0.25, 0.3) is 11.3 Å². The summed E-state index contributed by atoms with van der Waals surface area (Å²) in [7, 11) is 0. The second kappa shape index (κ2) is 5.91. The summed E-state index contributed by atoms with van der Waals surface area (Å²) in [4.78, 5) is 18.3. The number of halogens is 2. The number of hydrogen-bond acceptors (Lipinski definition) is 5. The summed E-state index contributed by atoms with van der Waals surface area (Å²) >= 11 is 3.21. The van der Waals surface area contributed by atoms with Gasteiger partial charge in [0.15, 0.2) is 5.69 Å². The number of nitrogens with one attached hydrogen (secondary N) is 1. The van der Waals surface area contributed by atoms with E-state index in [0.717, 1.165) is 0 Å². The lowest BCUT2D eigenvalue weighted by molar-refractivity contribution is -0.383. The van der Waals surface area contributed by atoms with Gasteiger partial charge in [-0.1, -0.05) is 15.9 Å². The molecule has 0 amide bonds. The maximum Gasteiger partial charge on any atom is 0.337 e. The van der Waals surface area contributed by atoms with E-state index in [4.69, 9.17) is 0 Å². The van der Waals surface area contributed by atoms with Crippen molar-refractivity contribution in [1.29, 1.82) is 0 Å². The molecule has 6 nitrogen and oxygen atoms in total. The zero-order chi connectivity index (χ0) is 14.7. The molecule has 8 heteroatoms. The Bertz CT molecular complexity index is 666. The van der Waals surface area contributed by atoms with Crippen molar-refractivity contribution in [3.8, 4) is 11.3 Å². The number of rotatable bonds is 4. The summed E-state index contributed by atoms with van der Waals surface area (Å²) in [5.41, 5.74) is -0.348. The number of benzene rings is 1. The number of nitro groups is 1. The first-order valence-corrected chi connectivity index (χ1v) is 6.52. The van der Waals surface area contributed by atoms with Crippen LogP contribution in [0.5, 0.6) is 0 Å². The molecule has 0 saturated carbocycles. The van der Waals surface area contributed by atoms with E-state index < -0.39 is 10.7 Å². The topological polar surface area (TPSA) is 81.0 Å². The largest absolute Gasteiger partial charge is 0.365 e. The predicted molar refractivity (Wildman–Crippen MR) is 75.9 cm³/mol. The van der Waals surface area contributed by atoms with Crippen LogP contribution in [-0.2, 0) is 0 Å². The second-order valence-corrected chi connectivity index (χ2v) is 4.75. The average molecular weight is 341 g/mol. The predicted octanol–water partition coefficient (Wildman–Crippen LogP) is 3.39. The van der Waals surface area contributed by atoms with E-state index in [0.29, 0.717) is 11.0 Å². The van der Waals surface area contributed by atoms with Gasteiger partial charge >= 0.3 is 5.69 Å². The lowest BCUT2D eigenvalue weighted by Gasteiger charge is -2.08. The Morgan fingerprint density at radius 2 is 2.20 bits per heavy atom. The summed E-state index contributed by atoms with van der Waals surface area (Å²) < 4.78 is 14.5. The standard InChI is InChI=1S/C12H10BrFN4O2/c1-2-15-12-11(18(19)20)10(16-6-17-12)8-5-7(13)3-4-9(8)14/h3-6H,2H2,1H3,(H,15,16,17). The summed E-state index contributed by atoms with van der Waals surface area (Å²) in [5, 5.41) is 14.0. The van der Waals surface area contributed by atoms with E-state index in [9.17, 15) is 14.5 Å². The van der Waals surface area contributed by atoms with E-state index in [1.807, 2.05) is 0 Å². The smallest absolute Gasteiger partial charge is 0.337 e. The van der Waals surface area contributed by atoms with Crippen molar-refractivity contribution in [2.75, 3.05) is 11.9 Å². The molecule has 0 radical (unpaired) electrons. The van der Waals surface area contributed by atoms with Crippen molar-refractivity contribution < 1.29 is 9.31 Å². The molecule has 2 aromatic rings. The van der Waals surface area contributed by atoms with Crippen LogP contribution in [0.15, 0.2) is 29.0 Å². The van der Waals surface area contributed by atoms with Crippen molar-refractivity contribution >= 4 is 27.4 Å². The van der Waals surface area contributed by atoms with Gasteiger partial charge in [0, 0.05) is 16.6 Å². The molecule has 104 valence electrons.